The molecule has 1 unspecified atom stereocenters. The molecule has 0 aliphatic heterocycles. The molecule has 0 aliphatic rings. The van der Waals surface area contributed by atoms with Crippen molar-refractivity contribution in [3.05, 3.63) is 18.2 Å². The molecule has 2 N–H and O–H groups in total. The summed E-state index contributed by atoms with van der Waals surface area (Å²) >= 11 is 0. The summed E-state index contributed by atoms with van der Waals surface area (Å²) in [4.78, 5) is 28.7. The molecule has 0 bridgehead atoms. The number of Topliss-reactive ketones (excluding diaryl/α,β-unsaturated/α-hetero) is 1. The molecule has 0 saturated carbocycles. The normalized spacial score (nSPS) is 12.1. The molecule has 1 heterocycles. The van der Waals surface area contributed by atoms with Crippen molar-refractivity contribution in [2.75, 3.05) is 0 Å². The molecule has 0 fully saturated rings. The maximum atomic E-state index is 11.2. The summed E-state index contributed by atoms with van der Waals surface area (Å²) in [7, 11) is 0. The van der Waals surface area contributed by atoms with Crippen LogP contribution in [-0.2, 0) is 9.59 Å². The number of hydrogen-bond acceptors (Lipinski definition) is 3. The third kappa shape index (κ3) is 3.01. The molecule has 0 aromatic carbocycles. The van der Waals surface area contributed by atoms with Crippen molar-refractivity contribution in [2.24, 2.45) is 0 Å². The number of aromatic amines is 1. The number of nitrogens with zero attached hydrogens (tertiary/aromatic N) is 1. The highest BCUT2D eigenvalue weighted by Crippen LogP contribution is 2.04. The van der Waals surface area contributed by atoms with Crippen molar-refractivity contribution < 1.29 is 9.59 Å². The van der Waals surface area contributed by atoms with E-state index in [-0.39, 0.29) is 24.2 Å². The predicted molar refractivity (Wildman–Crippen MR) is 50.4 cm³/mol. The van der Waals surface area contributed by atoms with Gasteiger partial charge in [-0.3, -0.25) is 9.59 Å². The van der Waals surface area contributed by atoms with Gasteiger partial charge in [-0.1, -0.05) is 0 Å². The lowest BCUT2D eigenvalue weighted by atomic mass is 10.2. The zero-order chi connectivity index (χ0) is 10.6. The zero-order valence-corrected chi connectivity index (χ0v) is 8.20. The van der Waals surface area contributed by atoms with E-state index in [2.05, 4.69) is 15.3 Å². The lowest BCUT2D eigenvalue weighted by molar-refractivity contribution is -0.127. The molecule has 5 nitrogen and oxygen atoms in total. The fourth-order valence-corrected chi connectivity index (χ4v) is 1.10. The van der Waals surface area contributed by atoms with E-state index < -0.39 is 0 Å². The van der Waals surface area contributed by atoms with Crippen LogP contribution in [0.15, 0.2) is 12.4 Å². The number of H-pyrrole nitrogens is 1. The Labute approximate surface area is 81.9 Å². The lowest BCUT2D eigenvalue weighted by Crippen LogP contribution is -2.28. The molecule has 0 saturated heterocycles. The number of aromatic nitrogens is 2. The Bertz CT molecular complexity index is 319. The predicted octanol–water partition coefficient (Wildman–Crippen LogP) is 0.566. The number of nitrogens with one attached hydrogen (secondary N) is 2. The van der Waals surface area contributed by atoms with Gasteiger partial charge in [-0.05, 0) is 13.8 Å². The number of amides is 1. The van der Waals surface area contributed by atoms with Crippen molar-refractivity contribution in [2.45, 2.75) is 26.3 Å². The fourth-order valence-electron chi connectivity index (χ4n) is 1.10. The SMILES string of the molecule is CC(=O)CC(=O)NC(C)c1ncc[nH]1. The van der Waals surface area contributed by atoms with Crippen LogP contribution in [0.4, 0.5) is 0 Å². The molecule has 76 valence electrons. The van der Waals surface area contributed by atoms with Crippen LogP contribution in [0.5, 0.6) is 0 Å². The lowest BCUT2D eigenvalue weighted by Gasteiger charge is -2.10. The molecule has 1 aromatic rings. The van der Waals surface area contributed by atoms with Gasteiger partial charge in [-0.2, -0.15) is 0 Å². The highest BCUT2D eigenvalue weighted by Gasteiger charge is 2.12. The van der Waals surface area contributed by atoms with Crippen molar-refractivity contribution in [1.29, 1.82) is 0 Å². The quantitative estimate of drug-likeness (QED) is 0.689. The summed E-state index contributed by atoms with van der Waals surface area (Å²) in [6.45, 7) is 3.19. The first-order chi connectivity index (χ1) is 6.59. The summed E-state index contributed by atoms with van der Waals surface area (Å²) in [5, 5.41) is 2.66. The Morgan fingerprint density at radius 3 is 2.86 bits per heavy atom. The molecule has 0 radical (unpaired) electrons. The minimum Gasteiger partial charge on any atom is -0.347 e. The van der Waals surface area contributed by atoms with Gasteiger partial charge in [0.15, 0.2) is 0 Å². The maximum absolute atomic E-state index is 11.2. The van der Waals surface area contributed by atoms with Crippen LogP contribution >= 0.6 is 0 Å². The van der Waals surface area contributed by atoms with Crippen molar-refractivity contribution >= 4 is 11.7 Å². The number of carbonyl (C=O) groups is 2. The van der Waals surface area contributed by atoms with Crippen molar-refractivity contribution in [3.63, 3.8) is 0 Å². The molecule has 1 amide bonds. The van der Waals surface area contributed by atoms with Gasteiger partial charge in [0, 0.05) is 12.4 Å². The molecule has 1 atom stereocenters. The average molecular weight is 195 g/mol. The number of hydrogen-bond donors (Lipinski definition) is 2. The summed E-state index contributed by atoms with van der Waals surface area (Å²) in [5.41, 5.74) is 0. The summed E-state index contributed by atoms with van der Waals surface area (Å²) < 4.78 is 0. The Morgan fingerprint density at radius 1 is 1.64 bits per heavy atom. The van der Waals surface area contributed by atoms with Crippen molar-refractivity contribution in [1.82, 2.24) is 15.3 Å². The number of imidazole rings is 1. The van der Waals surface area contributed by atoms with E-state index >= 15 is 0 Å². The summed E-state index contributed by atoms with van der Waals surface area (Å²) in [5.74, 6) is 0.262. The van der Waals surface area contributed by atoms with Crippen LogP contribution in [0.1, 0.15) is 32.1 Å². The number of ketones is 1. The van der Waals surface area contributed by atoms with Crippen LogP contribution in [0.3, 0.4) is 0 Å². The van der Waals surface area contributed by atoms with Gasteiger partial charge in [0.25, 0.3) is 0 Å². The third-order valence-corrected chi connectivity index (χ3v) is 1.72. The first-order valence-corrected chi connectivity index (χ1v) is 4.37. The highest BCUT2D eigenvalue weighted by molar-refractivity contribution is 5.96. The summed E-state index contributed by atoms with van der Waals surface area (Å²) in [6.07, 6.45) is 3.22. The van der Waals surface area contributed by atoms with Crippen LogP contribution < -0.4 is 5.32 Å². The Balaban J connectivity index is 2.45. The van der Waals surface area contributed by atoms with Crippen molar-refractivity contribution in [3.8, 4) is 0 Å². The topological polar surface area (TPSA) is 74.8 Å². The van der Waals surface area contributed by atoms with Gasteiger partial charge >= 0.3 is 0 Å². The fraction of sp³-hybridized carbons (Fsp3) is 0.444. The van der Waals surface area contributed by atoms with E-state index in [1.54, 1.807) is 19.3 Å². The molecule has 5 heteroatoms. The van der Waals surface area contributed by atoms with E-state index in [9.17, 15) is 9.59 Å². The Kier molecular flexibility index (Phi) is 3.39. The second-order valence-electron chi connectivity index (χ2n) is 3.14. The van der Waals surface area contributed by atoms with E-state index in [0.717, 1.165) is 0 Å². The second-order valence-corrected chi connectivity index (χ2v) is 3.14. The Hall–Kier alpha value is -1.65. The molecular weight excluding hydrogens is 182 g/mol. The third-order valence-electron chi connectivity index (χ3n) is 1.72. The largest absolute Gasteiger partial charge is 0.347 e. The second kappa shape index (κ2) is 4.55. The Morgan fingerprint density at radius 2 is 2.36 bits per heavy atom. The zero-order valence-electron chi connectivity index (χ0n) is 8.20. The van der Waals surface area contributed by atoms with Gasteiger partial charge in [-0.25, -0.2) is 4.98 Å². The van der Waals surface area contributed by atoms with Gasteiger partial charge in [0.1, 0.15) is 11.6 Å². The van der Waals surface area contributed by atoms with E-state index in [0.29, 0.717) is 5.82 Å². The standard InChI is InChI=1S/C9H13N3O2/c1-6(13)5-8(14)12-7(2)9-10-3-4-11-9/h3-4,7H,5H2,1-2H3,(H,10,11)(H,12,14). The van der Waals surface area contributed by atoms with E-state index in [4.69, 9.17) is 0 Å². The summed E-state index contributed by atoms with van der Waals surface area (Å²) in [6, 6.07) is -0.197. The van der Waals surface area contributed by atoms with E-state index in [1.807, 2.05) is 0 Å². The monoisotopic (exact) mass is 195 g/mol. The minimum absolute atomic E-state index is 0.0783. The molecule has 14 heavy (non-hydrogen) atoms. The van der Waals surface area contributed by atoms with Crippen LogP contribution in [0.25, 0.3) is 0 Å². The number of rotatable bonds is 4. The average Bonchev–Trinajstić information content (AvgIpc) is 2.53. The highest BCUT2D eigenvalue weighted by atomic mass is 16.2. The van der Waals surface area contributed by atoms with E-state index in [1.165, 1.54) is 6.92 Å². The van der Waals surface area contributed by atoms with Gasteiger partial charge in [-0.15, -0.1) is 0 Å². The van der Waals surface area contributed by atoms with Gasteiger partial charge in [0.05, 0.1) is 12.5 Å². The molecule has 0 spiro atoms. The first-order valence-electron chi connectivity index (χ1n) is 4.37. The minimum atomic E-state index is -0.276. The first kappa shape index (κ1) is 10.4. The van der Waals surface area contributed by atoms with Crippen LogP contribution in [0.2, 0.25) is 0 Å². The van der Waals surface area contributed by atoms with Gasteiger partial charge < -0.3 is 10.3 Å². The van der Waals surface area contributed by atoms with Crippen LogP contribution in [-0.4, -0.2) is 21.7 Å². The maximum Gasteiger partial charge on any atom is 0.228 e. The van der Waals surface area contributed by atoms with Gasteiger partial charge in [0.2, 0.25) is 5.91 Å². The number of carbonyl (C=O) groups excluding carboxylic acids is 2. The molecular formula is C9H13N3O2. The molecule has 1 rings (SSSR count). The van der Waals surface area contributed by atoms with Crippen LogP contribution in [0, 0.1) is 0 Å². The molecule has 0 aliphatic carbocycles. The smallest absolute Gasteiger partial charge is 0.228 e. The molecule has 1 aromatic heterocycles.